The van der Waals surface area contributed by atoms with E-state index in [1.807, 2.05) is 42.5 Å². The van der Waals surface area contributed by atoms with Crippen LogP contribution in [0.1, 0.15) is 29.6 Å². The summed E-state index contributed by atoms with van der Waals surface area (Å²) in [5.41, 5.74) is 3.18. The molecule has 2 aromatic rings. The van der Waals surface area contributed by atoms with Crippen molar-refractivity contribution in [2.75, 3.05) is 19.6 Å². The quantitative estimate of drug-likeness (QED) is 0.760. The predicted molar refractivity (Wildman–Crippen MR) is 93.7 cm³/mol. The molecule has 116 valence electrons. The average Bonchev–Trinajstić information content (AvgIpc) is 3.07. The van der Waals surface area contributed by atoms with Crippen molar-refractivity contribution in [3.63, 3.8) is 0 Å². The van der Waals surface area contributed by atoms with Gasteiger partial charge in [0.2, 0.25) is 0 Å². The zero-order chi connectivity index (χ0) is 14.5. The Morgan fingerprint density at radius 1 is 0.864 bits per heavy atom. The SMILES string of the molecule is Cl.O=C(CCN1CCCC1)c1ccc(-c2ccccc2)cc1. The van der Waals surface area contributed by atoms with Crippen LogP contribution >= 0.6 is 12.4 Å². The number of halogens is 1. The normalized spacial score (nSPS) is 14.5. The van der Waals surface area contributed by atoms with E-state index in [4.69, 9.17) is 0 Å². The maximum atomic E-state index is 12.2. The van der Waals surface area contributed by atoms with E-state index in [0.29, 0.717) is 6.42 Å². The van der Waals surface area contributed by atoms with Crippen molar-refractivity contribution in [1.82, 2.24) is 4.90 Å². The maximum Gasteiger partial charge on any atom is 0.164 e. The molecule has 2 nitrogen and oxygen atoms in total. The van der Waals surface area contributed by atoms with Gasteiger partial charge < -0.3 is 4.90 Å². The molecule has 0 aromatic heterocycles. The third-order valence-electron chi connectivity index (χ3n) is 4.17. The van der Waals surface area contributed by atoms with E-state index in [9.17, 15) is 4.79 Å². The number of carbonyl (C=O) groups excluding carboxylic acids is 1. The van der Waals surface area contributed by atoms with Crippen LogP contribution in [0.15, 0.2) is 54.6 Å². The summed E-state index contributed by atoms with van der Waals surface area (Å²) in [4.78, 5) is 14.6. The molecule has 1 heterocycles. The first-order valence-electron chi connectivity index (χ1n) is 7.74. The standard InChI is InChI=1S/C19H21NO.ClH/c21-19(12-15-20-13-4-5-14-20)18-10-8-17(9-11-18)16-6-2-1-3-7-16;/h1-3,6-11H,4-5,12-15H2;1H. The third-order valence-corrected chi connectivity index (χ3v) is 4.17. The first-order chi connectivity index (χ1) is 10.3. The lowest BCUT2D eigenvalue weighted by Crippen LogP contribution is -2.22. The second-order valence-electron chi connectivity index (χ2n) is 5.67. The molecular formula is C19H22ClNO. The van der Waals surface area contributed by atoms with Crippen LogP contribution < -0.4 is 0 Å². The molecule has 1 aliphatic rings. The Balaban J connectivity index is 0.00000176. The monoisotopic (exact) mass is 315 g/mol. The lowest BCUT2D eigenvalue weighted by Gasteiger charge is -2.13. The molecule has 0 saturated carbocycles. The highest BCUT2D eigenvalue weighted by Gasteiger charge is 2.13. The second kappa shape index (κ2) is 8.11. The van der Waals surface area contributed by atoms with Crippen molar-refractivity contribution >= 4 is 18.2 Å². The van der Waals surface area contributed by atoms with Gasteiger partial charge in [-0.1, -0.05) is 54.6 Å². The smallest absolute Gasteiger partial charge is 0.164 e. The van der Waals surface area contributed by atoms with Crippen LogP contribution in [0.2, 0.25) is 0 Å². The molecule has 1 aliphatic heterocycles. The van der Waals surface area contributed by atoms with Gasteiger partial charge in [-0.3, -0.25) is 4.79 Å². The number of carbonyl (C=O) groups is 1. The number of benzene rings is 2. The summed E-state index contributed by atoms with van der Waals surface area (Å²) >= 11 is 0. The highest BCUT2D eigenvalue weighted by Crippen LogP contribution is 2.20. The maximum absolute atomic E-state index is 12.2. The van der Waals surface area contributed by atoms with Crippen molar-refractivity contribution in [2.24, 2.45) is 0 Å². The number of hydrogen-bond acceptors (Lipinski definition) is 2. The van der Waals surface area contributed by atoms with Crippen molar-refractivity contribution < 1.29 is 4.79 Å². The predicted octanol–water partition coefficient (Wildman–Crippen LogP) is 4.44. The summed E-state index contributed by atoms with van der Waals surface area (Å²) in [6.45, 7) is 3.21. The number of rotatable bonds is 5. The molecule has 0 radical (unpaired) electrons. The molecule has 0 atom stereocenters. The number of likely N-dealkylation sites (tertiary alicyclic amines) is 1. The first kappa shape index (κ1) is 16.7. The summed E-state index contributed by atoms with van der Waals surface area (Å²) in [7, 11) is 0. The Bertz CT molecular complexity index is 589. The fourth-order valence-corrected chi connectivity index (χ4v) is 2.89. The molecule has 0 amide bonds. The molecule has 3 rings (SSSR count). The Morgan fingerprint density at radius 2 is 1.45 bits per heavy atom. The average molecular weight is 316 g/mol. The van der Waals surface area contributed by atoms with Crippen LogP contribution in [-0.2, 0) is 0 Å². The molecule has 0 N–H and O–H groups in total. The minimum absolute atomic E-state index is 0. The van der Waals surface area contributed by atoms with E-state index in [2.05, 4.69) is 17.0 Å². The zero-order valence-electron chi connectivity index (χ0n) is 12.7. The number of ketones is 1. The Kier molecular flexibility index (Phi) is 6.17. The fourth-order valence-electron chi connectivity index (χ4n) is 2.89. The highest BCUT2D eigenvalue weighted by molar-refractivity contribution is 5.96. The van der Waals surface area contributed by atoms with Crippen LogP contribution in [0.25, 0.3) is 11.1 Å². The summed E-state index contributed by atoms with van der Waals surface area (Å²) in [6, 6.07) is 18.2. The zero-order valence-corrected chi connectivity index (χ0v) is 13.5. The molecule has 22 heavy (non-hydrogen) atoms. The van der Waals surface area contributed by atoms with Crippen molar-refractivity contribution in [3.8, 4) is 11.1 Å². The molecular weight excluding hydrogens is 294 g/mol. The molecule has 0 bridgehead atoms. The molecule has 3 heteroatoms. The van der Waals surface area contributed by atoms with Gasteiger partial charge in [0.1, 0.15) is 0 Å². The molecule has 2 aromatic carbocycles. The van der Waals surface area contributed by atoms with E-state index < -0.39 is 0 Å². The van der Waals surface area contributed by atoms with Gasteiger partial charge in [-0.2, -0.15) is 0 Å². The van der Waals surface area contributed by atoms with Crippen LogP contribution in [0.3, 0.4) is 0 Å². The van der Waals surface area contributed by atoms with Gasteiger partial charge >= 0.3 is 0 Å². The van der Waals surface area contributed by atoms with Gasteiger partial charge in [-0.05, 0) is 37.1 Å². The van der Waals surface area contributed by atoms with Gasteiger partial charge in [0.15, 0.2) is 5.78 Å². The summed E-state index contributed by atoms with van der Waals surface area (Å²) in [5, 5.41) is 0. The van der Waals surface area contributed by atoms with Crippen LogP contribution in [-0.4, -0.2) is 30.3 Å². The number of hydrogen-bond donors (Lipinski definition) is 0. The summed E-state index contributed by atoms with van der Waals surface area (Å²) in [6.07, 6.45) is 3.19. The van der Waals surface area contributed by atoms with Crippen molar-refractivity contribution in [2.45, 2.75) is 19.3 Å². The Hall–Kier alpha value is -1.64. The van der Waals surface area contributed by atoms with E-state index >= 15 is 0 Å². The van der Waals surface area contributed by atoms with Gasteiger partial charge in [0.05, 0.1) is 0 Å². The Morgan fingerprint density at radius 3 is 2.09 bits per heavy atom. The highest BCUT2D eigenvalue weighted by atomic mass is 35.5. The van der Waals surface area contributed by atoms with E-state index in [1.54, 1.807) is 0 Å². The number of Topliss-reactive ketones (excluding diaryl/α,β-unsaturated/α-hetero) is 1. The van der Waals surface area contributed by atoms with Crippen LogP contribution in [0.5, 0.6) is 0 Å². The van der Waals surface area contributed by atoms with Gasteiger partial charge in [0, 0.05) is 18.5 Å². The largest absolute Gasteiger partial charge is 0.303 e. The van der Waals surface area contributed by atoms with Crippen LogP contribution in [0, 0.1) is 0 Å². The second-order valence-corrected chi connectivity index (χ2v) is 5.67. The third kappa shape index (κ3) is 4.19. The minimum atomic E-state index is 0. The minimum Gasteiger partial charge on any atom is -0.303 e. The molecule has 0 unspecified atom stereocenters. The van der Waals surface area contributed by atoms with Gasteiger partial charge in [0.25, 0.3) is 0 Å². The van der Waals surface area contributed by atoms with E-state index in [1.165, 1.54) is 18.4 Å². The molecule has 0 aliphatic carbocycles. The fraction of sp³-hybridized carbons (Fsp3) is 0.316. The molecule has 1 fully saturated rings. The number of nitrogens with zero attached hydrogens (tertiary/aromatic N) is 1. The molecule has 1 saturated heterocycles. The lowest BCUT2D eigenvalue weighted by molar-refractivity contribution is 0.0969. The van der Waals surface area contributed by atoms with Crippen molar-refractivity contribution in [3.05, 3.63) is 60.2 Å². The summed E-state index contributed by atoms with van der Waals surface area (Å²) < 4.78 is 0. The van der Waals surface area contributed by atoms with Gasteiger partial charge in [-0.15, -0.1) is 12.4 Å². The Labute approximate surface area is 138 Å². The van der Waals surface area contributed by atoms with Crippen molar-refractivity contribution in [1.29, 1.82) is 0 Å². The first-order valence-corrected chi connectivity index (χ1v) is 7.74. The summed E-state index contributed by atoms with van der Waals surface area (Å²) in [5.74, 6) is 0.251. The van der Waals surface area contributed by atoms with E-state index in [-0.39, 0.29) is 18.2 Å². The van der Waals surface area contributed by atoms with E-state index in [0.717, 1.165) is 30.8 Å². The van der Waals surface area contributed by atoms with Crippen LogP contribution in [0.4, 0.5) is 0 Å². The topological polar surface area (TPSA) is 20.3 Å². The molecule has 0 spiro atoms. The lowest BCUT2D eigenvalue weighted by atomic mass is 10.0. The van der Waals surface area contributed by atoms with Gasteiger partial charge in [-0.25, -0.2) is 0 Å².